The number of carbonyl (C=O) groups excluding carboxylic acids is 2. The lowest BCUT2D eigenvalue weighted by Gasteiger charge is -2.16. The second-order valence-electron chi connectivity index (χ2n) is 7.18. The van der Waals surface area contributed by atoms with Crippen molar-refractivity contribution in [1.29, 1.82) is 0 Å². The van der Waals surface area contributed by atoms with Crippen molar-refractivity contribution in [3.63, 3.8) is 0 Å². The molecule has 0 N–H and O–H groups in total. The number of hydrogen-bond acceptors (Lipinski definition) is 4. The van der Waals surface area contributed by atoms with Crippen LogP contribution in [0.3, 0.4) is 0 Å². The van der Waals surface area contributed by atoms with Gasteiger partial charge in [0.05, 0.1) is 29.0 Å². The van der Waals surface area contributed by atoms with Crippen LogP contribution < -0.4 is 0 Å². The standard InChI is InChI=1S/C24H20FNO3S/c1-15-9-10-19(16(2)12-15)21-22(30-14-18-7-5-11-29-18)24(28)26(23(21)27)13-17-6-3-4-8-20(17)25/h3-12H,13-14H2,1-2H3. The Hall–Kier alpha value is -3.12. The minimum Gasteiger partial charge on any atom is -0.468 e. The number of imide groups is 1. The second kappa shape index (κ2) is 8.32. The number of carbonyl (C=O) groups is 2. The van der Waals surface area contributed by atoms with Crippen LogP contribution in [0.25, 0.3) is 5.57 Å². The quantitative estimate of drug-likeness (QED) is 0.510. The molecular formula is C24H20FNO3S. The monoisotopic (exact) mass is 421 g/mol. The van der Waals surface area contributed by atoms with E-state index >= 15 is 0 Å². The van der Waals surface area contributed by atoms with Crippen molar-refractivity contribution < 1.29 is 18.4 Å². The van der Waals surface area contributed by atoms with Crippen molar-refractivity contribution in [1.82, 2.24) is 4.90 Å². The number of nitrogens with zero attached hydrogens (tertiary/aromatic N) is 1. The van der Waals surface area contributed by atoms with Crippen molar-refractivity contribution in [2.24, 2.45) is 0 Å². The number of thioether (sulfide) groups is 1. The fraction of sp³-hybridized carbons (Fsp3) is 0.167. The minimum absolute atomic E-state index is 0.108. The van der Waals surface area contributed by atoms with Gasteiger partial charge in [-0.2, -0.15) is 0 Å². The highest BCUT2D eigenvalue weighted by Crippen LogP contribution is 2.39. The molecule has 4 nitrogen and oxygen atoms in total. The van der Waals surface area contributed by atoms with E-state index in [0.717, 1.165) is 21.6 Å². The lowest BCUT2D eigenvalue weighted by atomic mass is 9.99. The van der Waals surface area contributed by atoms with E-state index < -0.39 is 17.6 Å². The third kappa shape index (κ3) is 3.83. The number of benzene rings is 2. The molecule has 2 heterocycles. The lowest BCUT2D eigenvalue weighted by Crippen LogP contribution is -2.31. The summed E-state index contributed by atoms with van der Waals surface area (Å²) in [6, 6.07) is 15.5. The molecule has 0 fully saturated rings. The first-order valence-corrected chi connectivity index (χ1v) is 10.5. The molecule has 1 aromatic heterocycles. The predicted molar refractivity (Wildman–Crippen MR) is 115 cm³/mol. The molecule has 0 aliphatic carbocycles. The Bertz CT molecular complexity index is 1150. The van der Waals surface area contributed by atoms with Gasteiger partial charge in [-0.15, -0.1) is 11.8 Å². The Morgan fingerprint density at radius 2 is 1.80 bits per heavy atom. The molecule has 0 atom stereocenters. The Kier molecular flexibility index (Phi) is 5.59. The van der Waals surface area contributed by atoms with Crippen molar-refractivity contribution in [2.75, 3.05) is 0 Å². The van der Waals surface area contributed by atoms with E-state index in [1.807, 2.05) is 38.1 Å². The van der Waals surface area contributed by atoms with Crippen LogP contribution in [-0.2, 0) is 21.9 Å². The summed E-state index contributed by atoms with van der Waals surface area (Å²) in [5, 5.41) is 0. The maximum atomic E-state index is 14.2. The smallest absolute Gasteiger partial charge is 0.268 e. The van der Waals surface area contributed by atoms with Gasteiger partial charge in [-0.25, -0.2) is 4.39 Å². The molecule has 2 aromatic carbocycles. The van der Waals surface area contributed by atoms with E-state index in [0.29, 0.717) is 27.6 Å². The number of aryl methyl sites for hydroxylation is 2. The average molecular weight is 421 g/mol. The van der Waals surface area contributed by atoms with Gasteiger partial charge in [-0.05, 0) is 43.2 Å². The van der Waals surface area contributed by atoms with Crippen LogP contribution in [0, 0.1) is 19.7 Å². The fourth-order valence-electron chi connectivity index (χ4n) is 3.50. The van der Waals surface area contributed by atoms with Crippen LogP contribution in [0.1, 0.15) is 28.0 Å². The van der Waals surface area contributed by atoms with E-state index in [1.54, 1.807) is 30.5 Å². The first kappa shape index (κ1) is 20.2. The molecule has 30 heavy (non-hydrogen) atoms. The highest BCUT2D eigenvalue weighted by Gasteiger charge is 2.40. The molecule has 1 aliphatic heterocycles. The normalized spacial score (nSPS) is 14.2. The van der Waals surface area contributed by atoms with Crippen molar-refractivity contribution in [3.05, 3.63) is 99.6 Å². The Morgan fingerprint density at radius 1 is 1.00 bits per heavy atom. The van der Waals surface area contributed by atoms with Gasteiger partial charge in [0.1, 0.15) is 11.6 Å². The molecule has 0 spiro atoms. The topological polar surface area (TPSA) is 50.5 Å². The maximum Gasteiger partial charge on any atom is 0.268 e. The lowest BCUT2D eigenvalue weighted by molar-refractivity contribution is -0.137. The highest BCUT2D eigenvalue weighted by atomic mass is 32.2. The van der Waals surface area contributed by atoms with E-state index in [-0.39, 0.29) is 6.54 Å². The summed E-state index contributed by atoms with van der Waals surface area (Å²) in [6.07, 6.45) is 1.57. The number of halogens is 1. The second-order valence-corrected chi connectivity index (χ2v) is 8.16. The van der Waals surface area contributed by atoms with Crippen LogP contribution in [0.4, 0.5) is 4.39 Å². The van der Waals surface area contributed by atoms with Gasteiger partial charge in [0, 0.05) is 5.56 Å². The Balaban J connectivity index is 1.72. The summed E-state index contributed by atoms with van der Waals surface area (Å²) in [4.78, 5) is 28.0. The van der Waals surface area contributed by atoms with Crippen LogP contribution >= 0.6 is 11.8 Å². The first-order chi connectivity index (χ1) is 14.5. The number of rotatable bonds is 6. The van der Waals surface area contributed by atoms with Gasteiger partial charge in [0.25, 0.3) is 11.8 Å². The molecule has 0 bridgehead atoms. The molecule has 0 saturated heterocycles. The van der Waals surface area contributed by atoms with Crippen molar-refractivity contribution >= 4 is 29.1 Å². The summed E-state index contributed by atoms with van der Waals surface area (Å²) >= 11 is 1.27. The van der Waals surface area contributed by atoms with E-state index in [1.165, 1.54) is 17.8 Å². The molecule has 3 aromatic rings. The molecule has 0 radical (unpaired) electrons. The molecular weight excluding hydrogens is 401 g/mol. The fourth-order valence-corrected chi connectivity index (χ4v) is 4.52. The van der Waals surface area contributed by atoms with Crippen LogP contribution in [-0.4, -0.2) is 16.7 Å². The molecule has 0 saturated carbocycles. The van der Waals surface area contributed by atoms with E-state index in [9.17, 15) is 14.0 Å². The highest BCUT2D eigenvalue weighted by molar-refractivity contribution is 8.03. The third-order valence-electron chi connectivity index (χ3n) is 5.00. The van der Waals surface area contributed by atoms with Gasteiger partial charge in [0.2, 0.25) is 0 Å². The third-order valence-corrected chi connectivity index (χ3v) is 6.10. The number of amides is 2. The number of furan rings is 1. The minimum atomic E-state index is -0.442. The zero-order valence-electron chi connectivity index (χ0n) is 16.6. The van der Waals surface area contributed by atoms with Gasteiger partial charge >= 0.3 is 0 Å². The Morgan fingerprint density at radius 3 is 2.50 bits per heavy atom. The van der Waals surface area contributed by atoms with Gasteiger partial charge in [-0.3, -0.25) is 14.5 Å². The zero-order valence-corrected chi connectivity index (χ0v) is 17.5. The SMILES string of the molecule is Cc1ccc(C2=C(SCc3ccco3)C(=O)N(Cc3ccccc3F)C2=O)c(C)c1. The van der Waals surface area contributed by atoms with Crippen LogP contribution in [0.5, 0.6) is 0 Å². The van der Waals surface area contributed by atoms with Gasteiger partial charge in [0.15, 0.2) is 0 Å². The van der Waals surface area contributed by atoms with E-state index in [2.05, 4.69) is 0 Å². The van der Waals surface area contributed by atoms with Gasteiger partial charge < -0.3 is 4.42 Å². The van der Waals surface area contributed by atoms with Gasteiger partial charge in [-0.1, -0.05) is 42.0 Å². The van der Waals surface area contributed by atoms with Crippen LogP contribution in [0.2, 0.25) is 0 Å². The zero-order chi connectivity index (χ0) is 21.3. The van der Waals surface area contributed by atoms with E-state index in [4.69, 9.17) is 4.42 Å². The maximum absolute atomic E-state index is 14.2. The largest absolute Gasteiger partial charge is 0.468 e. The van der Waals surface area contributed by atoms with Crippen LogP contribution in [0.15, 0.2) is 70.2 Å². The first-order valence-electron chi connectivity index (χ1n) is 9.52. The summed E-state index contributed by atoms with van der Waals surface area (Å²) < 4.78 is 19.5. The molecule has 4 rings (SSSR count). The van der Waals surface area contributed by atoms with Crippen molar-refractivity contribution in [2.45, 2.75) is 26.1 Å². The Labute approximate surface area is 178 Å². The molecule has 1 aliphatic rings. The molecule has 0 unspecified atom stereocenters. The molecule has 152 valence electrons. The summed E-state index contributed by atoms with van der Waals surface area (Å²) in [7, 11) is 0. The predicted octanol–water partition coefficient (Wildman–Crippen LogP) is 5.25. The van der Waals surface area contributed by atoms with Crippen molar-refractivity contribution in [3.8, 4) is 0 Å². The summed E-state index contributed by atoms with van der Waals surface area (Å²) in [5.41, 5.74) is 3.37. The average Bonchev–Trinajstić information content (AvgIpc) is 3.31. The summed E-state index contributed by atoms with van der Waals surface area (Å²) in [5.74, 6) is -0.126. The molecule has 2 amide bonds. The number of hydrogen-bond donors (Lipinski definition) is 0. The molecule has 6 heteroatoms. The summed E-state index contributed by atoms with van der Waals surface area (Å²) in [6.45, 7) is 3.79.